The average molecular weight is 369 g/mol. The maximum Gasteiger partial charge on any atom is 0.0430 e. The lowest BCUT2D eigenvalue weighted by atomic mass is 10.3. The summed E-state index contributed by atoms with van der Waals surface area (Å²) >= 11 is 3.53. The molecule has 24 heavy (non-hydrogen) atoms. The van der Waals surface area contributed by atoms with E-state index < -0.39 is 0 Å². The van der Waals surface area contributed by atoms with Crippen LogP contribution in [0.5, 0.6) is 0 Å². The second-order valence-corrected chi connectivity index (χ2v) is 4.50. The van der Waals surface area contributed by atoms with Crippen LogP contribution in [0.3, 0.4) is 0 Å². The quantitative estimate of drug-likeness (QED) is 0.374. The molecule has 0 radical (unpaired) electrons. The van der Waals surface area contributed by atoms with E-state index in [9.17, 15) is 0 Å². The number of aliphatic hydroxyl groups excluding tert-OH is 1. The minimum atomic E-state index is 0.344. The summed E-state index contributed by atoms with van der Waals surface area (Å²) in [6.07, 6.45) is 11.1. The SMILES string of the molecule is CC.CC.CC=C(C)C.CCC.CCCCC.CCCCO.CS. The minimum Gasteiger partial charge on any atom is -0.396 e. The zero-order valence-electron chi connectivity index (χ0n) is 19.9. The molecule has 0 aromatic rings. The van der Waals surface area contributed by atoms with Gasteiger partial charge in [0.2, 0.25) is 0 Å². The predicted octanol–water partition coefficient (Wildman–Crippen LogP) is 8.96. The van der Waals surface area contributed by atoms with Crippen molar-refractivity contribution >= 4 is 12.6 Å². The summed E-state index contributed by atoms with van der Waals surface area (Å²) in [7, 11) is 0. The van der Waals surface area contributed by atoms with E-state index in [0.29, 0.717) is 6.61 Å². The van der Waals surface area contributed by atoms with Crippen molar-refractivity contribution in [3.05, 3.63) is 11.6 Å². The van der Waals surface area contributed by atoms with Gasteiger partial charge in [0.25, 0.3) is 0 Å². The fourth-order valence-electron chi connectivity index (χ4n) is 0.512. The first-order valence-corrected chi connectivity index (χ1v) is 11.1. The minimum absolute atomic E-state index is 0.344. The molecule has 0 aliphatic heterocycles. The number of unbranched alkanes of at least 4 members (excludes halogenated alkanes) is 3. The molecule has 0 saturated carbocycles. The Labute approximate surface area is 164 Å². The molecule has 1 nitrogen and oxygen atoms in total. The van der Waals surface area contributed by atoms with Crippen LogP contribution in [0.15, 0.2) is 11.6 Å². The van der Waals surface area contributed by atoms with Gasteiger partial charge < -0.3 is 5.11 Å². The van der Waals surface area contributed by atoms with Crippen molar-refractivity contribution in [1.29, 1.82) is 0 Å². The second-order valence-electron chi connectivity index (χ2n) is 4.50. The highest BCUT2D eigenvalue weighted by atomic mass is 32.1. The van der Waals surface area contributed by atoms with E-state index >= 15 is 0 Å². The van der Waals surface area contributed by atoms with Crippen molar-refractivity contribution in [2.45, 2.75) is 122 Å². The van der Waals surface area contributed by atoms with E-state index in [1.807, 2.05) is 34.6 Å². The third kappa shape index (κ3) is 267. The predicted molar refractivity (Wildman–Crippen MR) is 126 cm³/mol. The number of allylic oxidation sites excluding steroid dienone is 2. The summed E-state index contributed by atoms with van der Waals surface area (Å²) in [5.74, 6) is 0. The van der Waals surface area contributed by atoms with Crippen LogP contribution < -0.4 is 0 Å². The van der Waals surface area contributed by atoms with E-state index in [4.69, 9.17) is 5.11 Å². The molecule has 0 aliphatic rings. The molecule has 0 unspecified atom stereocenters. The van der Waals surface area contributed by atoms with Gasteiger partial charge in [-0.05, 0) is 33.4 Å². The van der Waals surface area contributed by atoms with Gasteiger partial charge in [-0.25, -0.2) is 0 Å². The molecule has 0 saturated heterocycles. The smallest absolute Gasteiger partial charge is 0.0430 e. The van der Waals surface area contributed by atoms with E-state index in [0.717, 1.165) is 12.8 Å². The van der Waals surface area contributed by atoms with Gasteiger partial charge in [0.15, 0.2) is 0 Å². The Bertz CT molecular complexity index is 109. The van der Waals surface area contributed by atoms with E-state index in [1.54, 1.807) is 6.26 Å². The highest BCUT2D eigenvalue weighted by molar-refractivity contribution is 7.79. The molecular weight excluding hydrogens is 312 g/mol. The van der Waals surface area contributed by atoms with Crippen LogP contribution in [0.4, 0.5) is 0 Å². The average Bonchev–Trinajstić information content (AvgIpc) is 2.63. The molecule has 2 heteroatoms. The first-order valence-electron chi connectivity index (χ1n) is 10.2. The molecule has 0 atom stereocenters. The Balaban J connectivity index is -0.0000000293. The Morgan fingerprint density at radius 1 is 0.750 bits per heavy atom. The zero-order chi connectivity index (χ0) is 21.2. The van der Waals surface area contributed by atoms with Gasteiger partial charge in [-0.15, -0.1) is 0 Å². The lowest BCUT2D eigenvalue weighted by Gasteiger charge is -1.79. The summed E-state index contributed by atoms with van der Waals surface area (Å²) < 4.78 is 0. The second kappa shape index (κ2) is 91.8. The first-order chi connectivity index (χ1) is 11.5. The molecule has 0 heterocycles. The molecule has 0 bridgehead atoms. The van der Waals surface area contributed by atoms with Crippen LogP contribution in [-0.2, 0) is 0 Å². The monoisotopic (exact) mass is 368 g/mol. The summed E-state index contributed by atoms with van der Waals surface area (Å²) in [5.41, 5.74) is 1.38. The molecular formula is C22H56OS. The maximum absolute atomic E-state index is 8.07. The Kier molecular flexibility index (Phi) is 168. The largest absolute Gasteiger partial charge is 0.396 e. The summed E-state index contributed by atoms with van der Waals surface area (Å²) in [5, 5.41) is 8.07. The zero-order valence-corrected chi connectivity index (χ0v) is 20.8. The Morgan fingerprint density at radius 2 is 0.958 bits per heavy atom. The fourth-order valence-corrected chi connectivity index (χ4v) is 0.512. The van der Waals surface area contributed by atoms with Crippen LogP contribution in [0.25, 0.3) is 0 Å². The maximum atomic E-state index is 8.07. The van der Waals surface area contributed by atoms with Crippen LogP contribution in [-0.4, -0.2) is 18.0 Å². The van der Waals surface area contributed by atoms with Gasteiger partial charge in [-0.3, -0.25) is 0 Å². The normalized spacial score (nSPS) is 6.46. The summed E-state index contributed by atoms with van der Waals surface area (Å²) in [6, 6.07) is 0. The van der Waals surface area contributed by atoms with Gasteiger partial charge in [-0.1, -0.05) is 106 Å². The highest BCUT2D eigenvalue weighted by Gasteiger charge is 1.69. The molecule has 0 spiro atoms. The first kappa shape index (κ1) is 44.0. The van der Waals surface area contributed by atoms with Crippen molar-refractivity contribution < 1.29 is 5.11 Å². The van der Waals surface area contributed by atoms with Crippen molar-refractivity contribution in [2.75, 3.05) is 12.9 Å². The molecule has 0 aromatic heterocycles. The van der Waals surface area contributed by atoms with Crippen LogP contribution >= 0.6 is 12.6 Å². The van der Waals surface area contributed by atoms with Crippen LogP contribution in [0, 0.1) is 0 Å². The highest BCUT2D eigenvalue weighted by Crippen LogP contribution is 1.88. The summed E-state index contributed by atoms with van der Waals surface area (Å²) in [6.45, 7) is 25.3. The molecule has 0 aromatic carbocycles. The molecule has 0 fully saturated rings. The molecule has 156 valence electrons. The summed E-state index contributed by atoms with van der Waals surface area (Å²) in [4.78, 5) is 0. The molecule has 0 rings (SSSR count). The van der Waals surface area contributed by atoms with Crippen molar-refractivity contribution in [2.24, 2.45) is 0 Å². The molecule has 0 amide bonds. The lowest BCUT2D eigenvalue weighted by molar-refractivity contribution is 0.287. The molecule has 0 aliphatic carbocycles. The number of thiol groups is 1. The Hall–Kier alpha value is 0.0500. The van der Waals surface area contributed by atoms with Crippen LogP contribution in [0.1, 0.15) is 122 Å². The van der Waals surface area contributed by atoms with Gasteiger partial charge in [0, 0.05) is 6.61 Å². The van der Waals surface area contributed by atoms with E-state index in [1.165, 1.54) is 31.3 Å². The van der Waals surface area contributed by atoms with E-state index in [-0.39, 0.29) is 0 Å². The standard InChI is InChI=1S/C5H10.C5H12.C4H10O.C3H8.2C2H6.CH4S/c1-4-5(2)3;1-3-5-4-2;1-2-3-4-5;1-3-2;3*1-2/h4H,1-3H3;3-5H2,1-2H3;5H,2-4H2,1H3;3H2,1-2H3;2*1-2H3;2H,1H3. The topological polar surface area (TPSA) is 20.2 Å². The lowest BCUT2D eigenvalue weighted by Crippen LogP contribution is -1.75. The van der Waals surface area contributed by atoms with Gasteiger partial charge in [0.1, 0.15) is 0 Å². The van der Waals surface area contributed by atoms with Gasteiger partial charge in [0.05, 0.1) is 0 Å². The van der Waals surface area contributed by atoms with Crippen molar-refractivity contribution in [1.82, 2.24) is 0 Å². The fraction of sp³-hybridized carbons (Fsp3) is 0.909. The van der Waals surface area contributed by atoms with Crippen molar-refractivity contribution in [3.8, 4) is 0 Å². The van der Waals surface area contributed by atoms with Crippen LogP contribution in [0.2, 0.25) is 0 Å². The van der Waals surface area contributed by atoms with Gasteiger partial charge >= 0.3 is 0 Å². The number of rotatable bonds is 4. The number of aliphatic hydroxyl groups is 1. The molecule has 1 N–H and O–H groups in total. The number of hydrogen-bond acceptors (Lipinski definition) is 2. The third-order valence-electron chi connectivity index (χ3n) is 1.80. The Morgan fingerprint density at radius 3 is 0.958 bits per heavy atom. The number of hydrogen-bond donors (Lipinski definition) is 2. The van der Waals surface area contributed by atoms with Gasteiger partial charge in [-0.2, -0.15) is 12.6 Å². The van der Waals surface area contributed by atoms with Crippen molar-refractivity contribution in [3.63, 3.8) is 0 Å². The third-order valence-corrected chi connectivity index (χ3v) is 1.80. The van der Waals surface area contributed by atoms with E-state index in [2.05, 4.69) is 67.2 Å².